The van der Waals surface area contributed by atoms with Gasteiger partial charge in [0.2, 0.25) is 0 Å². The highest BCUT2D eigenvalue weighted by molar-refractivity contribution is 7.80. The molecule has 0 aliphatic rings. The fourth-order valence-electron chi connectivity index (χ4n) is 0.359. The molecule has 0 aromatic carbocycles. The molecule has 0 aromatic heterocycles. The van der Waals surface area contributed by atoms with E-state index in [1.54, 1.807) is 0 Å². The van der Waals surface area contributed by atoms with Gasteiger partial charge < -0.3 is 0 Å². The minimum absolute atomic E-state index is 0.525. The molecule has 0 N–H and O–H groups in total. The summed E-state index contributed by atoms with van der Waals surface area (Å²) in [4.78, 5) is 0. The van der Waals surface area contributed by atoms with Gasteiger partial charge in [-0.3, -0.25) is 0 Å². The molecule has 0 aliphatic carbocycles. The summed E-state index contributed by atoms with van der Waals surface area (Å²) in [5, 5.41) is 0.525. The quantitative estimate of drug-likeness (QED) is 0.424. The largest absolute Gasteiger partial charge is 0.176 e. The van der Waals surface area contributed by atoms with Gasteiger partial charge in [0.05, 0.1) is 0 Å². The van der Waals surface area contributed by atoms with E-state index >= 15 is 0 Å². The third-order valence-electron chi connectivity index (χ3n) is 0.910. The van der Waals surface area contributed by atoms with Crippen LogP contribution in [0.3, 0.4) is 0 Å². The zero-order valence-corrected chi connectivity index (χ0v) is 5.62. The standard InChI is InChI=1S/C6H12S/c1-3-5-6(7)4-2/h3,6-7H,1,4-5H2,2H3/t6-/m1/s1. The van der Waals surface area contributed by atoms with E-state index in [9.17, 15) is 0 Å². The van der Waals surface area contributed by atoms with Crippen LogP contribution in [-0.2, 0) is 0 Å². The van der Waals surface area contributed by atoms with Gasteiger partial charge in [0.25, 0.3) is 0 Å². The fourth-order valence-corrected chi connectivity index (χ4v) is 0.508. The van der Waals surface area contributed by atoms with Crippen molar-refractivity contribution < 1.29 is 0 Å². The molecule has 0 heterocycles. The summed E-state index contributed by atoms with van der Waals surface area (Å²) in [5.74, 6) is 0. The second-order valence-corrected chi connectivity index (χ2v) is 2.32. The van der Waals surface area contributed by atoms with Gasteiger partial charge in [-0.15, -0.1) is 6.58 Å². The summed E-state index contributed by atoms with van der Waals surface area (Å²) in [6, 6.07) is 0. The summed E-state index contributed by atoms with van der Waals surface area (Å²) in [6.45, 7) is 5.73. The molecule has 0 bridgehead atoms. The zero-order chi connectivity index (χ0) is 5.70. The lowest BCUT2D eigenvalue weighted by Gasteiger charge is -1.99. The Morgan fingerprint density at radius 2 is 2.43 bits per heavy atom. The average molecular weight is 116 g/mol. The topological polar surface area (TPSA) is 0 Å². The highest BCUT2D eigenvalue weighted by atomic mass is 32.1. The summed E-state index contributed by atoms with van der Waals surface area (Å²) in [6.07, 6.45) is 4.07. The van der Waals surface area contributed by atoms with Crippen molar-refractivity contribution in [3.8, 4) is 0 Å². The van der Waals surface area contributed by atoms with Crippen LogP contribution in [0.4, 0.5) is 0 Å². The van der Waals surface area contributed by atoms with Crippen molar-refractivity contribution in [2.75, 3.05) is 0 Å². The molecule has 42 valence electrons. The van der Waals surface area contributed by atoms with Crippen LogP contribution in [0.2, 0.25) is 0 Å². The molecule has 0 aliphatic heterocycles. The molecular weight excluding hydrogens is 104 g/mol. The Kier molecular flexibility index (Phi) is 4.31. The van der Waals surface area contributed by atoms with Crippen LogP contribution in [0, 0.1) is 0 Å². The van der Waals surface area contributed by atoms with Crippen LogP contribution < -0.4 is 0 Å². The van der Waals surface area contributed by atoms with Gasteiger partial charge in [0.15, 0.2) is 0 Å². The molecule has 0 fully saturated rings. The maximum atomic E-state index is 4.24. The number of hydrogen-bond donors (Lipinski definition) is 1. The average Bonchev–Trinajstić information content (AvgIpc) is 1.68. The molecule has 0 radical (unpaired) electrons. The van der Waals surface area contributed by atoms with Crippen LogP contribution in [0.25, 0.3) is 0 Å². The fraction of sp³-hybridized carbons (Fsp3) is 0.667. The summed E-state index contributed by atoms with van der Waals surface area (Å²) in [5.41, 5.74) is 0. The predicted octanol–water partition coefficient (Wildman–Crippen LogP) is 2.27. The molecule has 0 saturated carbocycles. The van der Waals surface area contributed by atoms with Crippen molar-refractivity contribution in [1.82, 2.24) is 0 Å². The maximum Gasteiger partial charge on any atom is 0.00485 e. The monoisotopic (exact) mass is 116 g/mol. The Balaban J connectivity index is 2.98. The van der Waals surface area contributed by atoms with E-state index in [0.29, 0.717) is 5.25 Å². The lowest BCUT2D eigenvalue weighted by molar-refractivity contribution is 0.843. The minimum Gasteiger partial charge on any atom is -0.176 e. The Morgan fingerprint density at radius 3 is 2.57 bits per heavy atom. The normalized spacial score (nSPS) is 13.4. The Morgan fingerprint density at radius 1 is 1.86 bits per heavy atom. The highest BCUT2D eigenvalue weighted by Crippen LogP contribution is 2.04. The lowest BCUT2D eigenvalue weighted by atomic mass is 10.2. The van der Waals surface area contributed by atoms with Gasteiger partial charge in [0.1, 0.15) is 0 Å². The van der Waals surface area contributed by atoms with Crippen LogP contribution in [0.15, 0.2) is 12.7 Å². The first-order valence-corrected chi connectivity index (χ1v) is 3.11. The second-order valence-electron chi connectivity index (χ2n) is 1.59. The number of hydrogen-bond acceptors (Lipinski definition) is 1. The third-order valence-corrected chi connectivity index (χ3v) is 1.49. The van der Waals surface area contributed by atoms with Crippen molar-refractivity contribution in [3.05, 3.63) is 12.7 Å². The van der Waals surface area contributed by atoms with Gasteiger partial charge in [-0.05, 0) is 12.8 Å². The molecule has 0 spiro atoms. The number of allylic oxidation sites excluding steroid dienone is 1. The summed E-state index contributed by atoms with van der Waals surface area (Å²) in [7, 11) is 0. The highest BCUT2D eigenvalue weighted by Gasteiger charge is 1.91. The van der Waals surface area contributed by atoms with Crippen LogP contribution in [-0.4, -0.2) is 5.25 Å². The molecule has 0 amide bonds. The molecule has 1 heteroatoms. The van der Waals surface area contributed by atoms with Gasteiger partial charge in [0, 0.05) is 5.25 Å². The van der Waals surface area contributed by atoms with Gasteiger partial charge in [-0.1, -0.05) is 13.0 Å². The smallest absolute Gasteiger partial charge is 0.00485 e. The Hall–Kier alpha value is 0.0900. The van der Waals surface area contributed by atoms with E-state index < -0.39 is 0 Å². The summed E-state index contributed by atoms with van der Waals surface area (Å²) >= 11 is 4.24. The molecule has 0 aromatic rings. The Bertz CT molecular complexity index is 50.1. The molecule has 1 atom stereocenters. The van der Waals surface area contributed by atoms with Crippen molar-refractivity contribution in [1.29, 1.82) is 0 Å². The van der Waals surface area contributed by atoms with E-state index in [-0.39, 0.29) is 0 Å². The zero-order valence-electron chi connectivity index (χ0n) is 4.72. The van der Waals surface area contributed by atoms with E-state index in [4.69, 9.17) is 0 Å². The third kappa shape index (κ3) is 3.93. The molecule has 0 nitrogen and oxygen atoms in total. The van der Waals surface area contributed by atoms with Crippen molar-refractivity contribution >= 4 is 12.6 Å². The number of thiol groups is 1. The van der Waals surface area contributed by atoms with Gasteiger partial charge >= 0.3 is 0 Å². The van der Waals surface area contributed by atoms with Crippen LogP contribution in [0.5, 0.6) is 0 Å². The first-order valence-electron chi connectivity index (χ1n) is 2.60. The SMILES string of the molecule is C=CC[C@H](S)CC. The molecule has 0 rings (SSSR count). The molecule has 0 unspecified atom stereocenters. The predicted molar refractivity (Wildman–Crippen MR) is 37.9 cm³/mol. The van der Waals surface area contributed by atoms with Gasteiger partial charge in [-0.25, -0.2) is 0 Å². The van der Waals surface area contributed by atoms with E-state index in [1.807, 2.05) is 6.08 Å². The molecule has 0 saturated heterocycles. The van der Waals surface area contributed by atoms with Crippen molar-refractivity contribution in [2.45, 2.75) is 25.0 Å². The second kappa shape index (κ2) is 4.25. The van der Waals surface area contributed by atoms with Crippen molar-refractivity contribution in [2.24, 2.45) is 0 Å². The lowest BCUT2D eigenvalue weighted by Crippen LogP contribution is -1.90. The first-order chi connectivity index (χ1) is 3.31. The van der Waals surface area contributed by atoms with Gasteiger partial charge in [-0.2, -0.15) is 12.6 Å². The van der Waals surface area contributed by atoms with E-state index in [1.165, 1.54) is 0 Å². The maximum absolute atomic E-state index is 4.24. The van der Waals surface area contributed by atoms with Crippen LogP contribution >= 0.6 is 12.6 Å². The van der Waals surface area contributed by atoms with Crippen molar-refractivity contribution in [3.63, 3.8) is 0 Å². The molecule has 7 heavy (non-hydrogen) atoms. The van der Waals surface area contributed by atoms with Crippen LogP contribution in [0.1, 0.15) is 19.8 Å². The summed E-state index contributed by atoms with van der Waals surface area (Å²) < 4.78 is 0. The Labute approximate surface area is 51.0 Å². The van der Waals surface area contributed by atoms with E-state index in [0.717, 1.165) is 12.8 Å². The number of rotatable bonds is 3. The minimum atomic E-state index is 0.525. The van der Waals surface area contributed by atoms with E-state index in [2.05, 4.69) is 26.1 Å². The molecular formula is C6H12S. The first kappa shape index (κ1) is 7.09.